The van der Waals surface area contributed by atoms with Crippen molar-refractivity contribution in [3.05, 3.63) is 19.2 Å². The zero-order valence-corrected chi connectivity index (χ0v) is 7.50. The molecular weight excluding hydrogens is 156 g/mol. The third-order valence-electron chi connectivity index (χ3n) is 0. The van der Waals surface area contributed by atoms with Gasteiger partial charge in [0.1, 0.15) is 0 Å². The quantitative estimate of drug-likeness (QED) is 0.385. The molecular formula is C4H17N2O2Ti+. The van der Waals surface area contributed by atoms with Crippen LogP contribution in [-0.4, -0.2) is 11.0 Å². The largest absolute Gasteiger partial charge is 4.00 e. The molecule has 0 spiro atoms. The molecule has 9 heavy (non-hydrogen) atoms. The van der Waals surface area contributed by atoms with E-state index in [4.69, 9.17) is 0 Å². The summed E-state index contributed by atoms with van der Waals surface area (Å²) >= 11 is 0. The molecule has 0 aliphatic carbocycles. The molecule has 0 aliphatic heterocycles. The van der Waals surface area contributed by atoms with Gasteiger partial charge in [-0.15, -0.1) is 0 Å². The number of rotatable bonds is 0. The minimum atomic E-state index is 0. The molecule has 0 aromatic rings. The van der Waals surface area contributed by atoms with E-state index >= 15 is 0 Å². The molecule has 0 saturated carbocycles. The van der Waals surface area contributed by atoms with Gasteiger partial charge in [0.15, 0.2) is 0 Å². The Bertz CT molecular complexity index is 21.3. The van der Waals surface area contributed by atoms with Crippen molar-refractivity contribution in [2.24, 2.45) is 5.92 Å². The Kier molecular flexibility index (Phi) is 238. The first kappa shape index (κ1) is 55.3. The van der Waals surface area contributed by atoms with Crippen LogP contribution < -0.4 is 0 Å². The Labute approximate surface area is 72.1 Å². The molecule has 0 radical (unpaired) electrons. The van der Waals surface area contributed by atoms with E-state index in [0.29, 0.717) is 5.92 Å². The molecule has 0 atom stereocenters. The normalized spacial score (nSPS) is 4.00. The first-order valence-electron chi connectivity index (χ1n) is 1.56. The van der Waals surface area contributed by atoms with Gasteiger partial charge in [-0.05, 0) is 0 Å². The molecule has 0 aromatic carbocycles. The molecule has 0 heterocycles. The first-order chi connectivity index (χ1) is 1.73. The van der Waals surface area contributed by atoms with Gasteiger partial charge in [-0.1, -0.05) is 13.8 Å². The van der Waals surface area contributed by atoms with Crippen LogP contribution in [0.3, 0.4) is 0 Å². The summed E-state index contributed by atoms with van der Waals surface area (Å²) in [6, 6.07) is 0. The molecule has 8 N–H and O–H groups in total. The van der Waals surface area contributed by atoms with Crippen molar-refractivity contribution >= 4 is 0 Å². The zero-order chi connectivity index (χ0) is 3.58. The van der Waals surface area contributed by atoms with Crippen LogP contribution in [0.1, 0.15) is 13.8 Å². The van der Waals surface area contributed by atoms with Gasteiger partial charge in [-0.25, -0.2) is 0 Å². The second-order valence-corrected chi connectivity index (χ2v) is 1.39. The molecule has 0 aromatic heterocycles. The number of hydrogen-bond acceptors (Lipinski definition) is 0. The third-order valence-corrected chi connectivity index (χ3v) is 0. The summed E-state index contributed by atoms with van der Waals surface area (Å²) in [4.78, 5) is 0. The van der Waals surface area contributed by atoms with Crippen molar-refractivity contribution in [3.8, 4) is 0 Å². The van der Waals surface area contributed by atoms with E-state index < -0.39 is 0 Å². The van der Waals surface area contributed by atoms with Crippen LogP contribution >= 0.6 is 0 Å². The van der Waals surface area contributed by atoms with E-state index in [1.165, 1.54) is 0 Å². The average Bonchev–Trinajstić information content (AvgIpc) is 0.811. The second-order valence-electron chi connectivity index (χ2n) is 1.39. The van der Waals surface area contributed by atoms with Crippen molar-refractivity contribution < 1.29 is 32.7 Å². The van der Waals surface area contributed by atoms with E-state index in [1.807, 2.05) is 0 Å². The second kappa shape index (κ2) is 38.6. The smallest absolute Gasteiger partial charge is 0.693 e. The van der Waals surface area contributed by atoms with Gasteiger partial charge in [0.05, 0.1) is 0 Å². The first-order valence-corrected chi connectivity index (χ1v) is 1.56. The standard InChI is InChI=1S/C4H9.2H2N.2H2O.Ti/c1-4(2)3;;;;;/h4H,1H2,2-3H3;4*1H2;/q3*-1;;;+4. The van der Waals surface area contributed by atoms with Gasteiger partial charge in [-0.3, -0.25) is 0 Å². The maximum absolute atomic E-state index is 3.64. The summed E-state index contributed by atoms with van der Waals surface area (Å²) in [5.41, 5.74) is 0. The molecule has 58 valence electrons. The molecule has 0 rings (SSSR count). The summed E-state index contributed by atoms with van der Waals surface area (Å²) in [5, 5.41) is 0. The minimum Gasteiger partial charge on any atom is -0.693 e. The Hall–Kier alpha value is 0.554. The number of hydrogen-bond donors (Lipinski definition) is 0. The number of nitrogens with two attached hydrogens (primary N) is 2. The summed E-state index contributed by atoms with van der Waals surface area (Å²) in [5.74, 6) is 0.583. The van der Waals surface area contributed by atoms with Gasteiger partial charge in [0, 0.05) is 0 Å². The van der Waals surface area contributed by atoms with Crippen molar-refractivity contribution in [1.82, 2.24) is 0 Å². The van der Waals surface area contributed by atoms with Gasteiger partial charge in [0.25, 0.3) is 0 Å². The van der Waals surface area contributed by atoms with E-state index in [-0.39, 0.29) is 45.0 Å². The fourth-order valence-electron chi connectivity index (χ4n) is 0. The van der Waals surface area contributed by atoms with E-state index in [1.54, 1.807) is 0 Å². The molecule has 0 fully saturated rings. The van der Waals surface area contributed by atoms with Gasteiger partial charge >= 0.3 is 21.7 Å². The third kappa shape index (κ3) is 1200. The van der Waals surface area contributed by atoms with E-state index in [9.17, 15) is 0 Å². The summed E-state index contributed by atoms with van der Waals surface area (Å²) in [6.45, 7) is 7.75. The van der Waals surface area contributed by atoms with Crippen LogP contribution in [0.5, 0.6) is 0 Å². The molecule has 0 unspecified atom stereocenters. The monoisotopic (exact) mass is 173 g/mol. The minimum absolute atomic E-state index is 0. The van der Waals surface area contributed by atoms with Gasteiger partial charge in [0.2, 0.25) is 0 Å². The molecule has 0 amide bonds. The summed E-state index contributed by atoms with van der Waals surface area (Å²) in [6.07, 6.45) is 0. The maximum atomic E-state index is 3.64. The van der Waals surface area contributed by atoms with Crippen LogP contribution in [-0.2, 0) is 21.7 Å². The van der Waals surface area contributed by atoms with Crippen molar-refractivity contribution in [2.45, 2.75) is 13.8 Å². The van der Waals surface area contributed by atoms with Crippen LogP contribution in [0.2, 0.25) is 0 Å². The van der Waals surface area contributed by atoms with Crippen molar-refractivity contribution in [2.75, 3.05) is 0 Å². The van der Waals surface area contributed by atoms with Crippen LogP contribution in [0.25, 0.3) is 12.3 Å². The molecule has 0 saturated heterocycles. The topological polar surface area (TPSA) is 130 Å². The van der Waals surface area contributed by atoms with Crippen molar-refractivity contribution in [1.29, 1.82) is 0 Å². The van der Waals surface area contributed by atoms with Gasteiger partial charge in [-0.2, -0.15) is 5.92 Å². The van der Waals surface area contributed by atoms with E-state index in [2.05, 4.69) is 20.8 Å². The fraction of sp³-hybridized carbons (Fsp3) is 0.750. The Morgan fingerprint density at radius 3 is 1.00 bits per heavy atom. The van der Waals surface area contributed by atoms with Crippen LogP contribution in [0.15, 0.2) is 0 Å². The summed E-state index contributed by atoms with van der Waals surface area (Å²) in [7, 11) is 0. The molecule has 0 aliphatic rings. The summed E-state index contributed by atoms with van der Waals surface area (Å²) < 4.78 is 0. The zero-order valence-electron chi connectivity index (χ0n) is 5.94. The Morgan fingerprint density at radius 1 is 1.00 bits per heavy atom. The molecule has 4 nitrogen and oxygen atoms in total. The predicted octanol–water partition coefficient (Wildman–Crippen LogP) is 1.26. The van der Waals surface area contributed by atoms with Gasteiger partial charge < -0.3 is 30.2 Å². The van der Waals surface area contributed by atoms with E-state index in [0.717, 1.165) is 0 Å². The molecule has 5 heteroatoms. The fourth-order valence-corrected chi connectivity index (χ4v) is 0. The van der Waals surface area contributed by atoms with Crippen molar-refractivity contribution in [3.63, 3.8) is 0 Å². The van der Waals surface area contributed by atoms with Crippen LogP contribution in [0, 0.1) is 12.8 Å². The maximum Gasteiger partial charge on any atom is 4.00 e. The average molecular weight is 173 g/mol. The predicted molar refractivity (Wildman–Crippen MR) is 38.0 cm³/mol. The SMILES string of the molecule is O.O.[CH2-]C(C)C.[NH2-].[NH2-].[Ti+4]. The Morgan fingerprint density at radius 2 is 1.00 bits per heavy atom. The van der Waals surface area contributed by atoms with Crippen LogP contribution in [0.4, 0.5) is 0 Å². The Balaban J connectivity index is -0.00000000450. The molecule has 0 bridgehead atoms.